The van der Waals surface area contributed by atoms with Crippen LogP contribution in [0.5, 0.6) is 0 Å². The maximum atomic E-state index is 12.7. The Labute approximate surface area is 171 Å². The molecule has 0 spiro atoms. The standard InChI is InChI=1S/C24H25N3O2/c1-15(2)19-9-5-6-10-21(19)27-24(29)22-14-18(12-13-25-22)23(28)26-20-11-7-8-16(3)17(20)4/h5-15H,1-4H3,(H,26,28)(H,27,29). The van der Waals surface area contributed by atoms with Crippen molar-refractivity contribution in [1.82, 2.24) is 4.98 Å². The van der Waals surface area contributed by atoms with Gasteiger partial charge < -0.3 is 10.6 Å². The molecular weight excluding hydrogens is 362 g/mol. The highest BCUT2D eigenvalue weighted by molar-refractivity contribution is 6.08. The summed E-state index contributed by atoms with van der Waals surface area (Å²) in [6.45, 7) is 8.10. The molecule has 2 aromatic carbocycles. The molecule has 2 amide bonds. The Hall–Kier alpha value is -3.47. The van der Waals surface area contributed by atoms with Gasteiger partial charge in [-0.15, -0.1) is 0 Å². The van der Waals surface area contributed by atoms with Crippen LogP contribution in [0.1, 0.15) is 57.3 Å². The van der Waals surface area contributed by atoms with E-state index in [9.17, 15) is 9.59 Å². The first kappa shape index (κ1) is 20.3. The van der Waals surface area contributed by atoms with Gasteiger partial charge in [0.2, 0.25) is 0 Å². The largest absolute Gasteiger partial charge is 0.322 e. The zero-order valence-electron chi connectivity index (χ0n) is 17.1. The summed E-state index contributed by atoms with van der Waals surface area (Å²) >= 11 is 0. The topological polar surface area (TPSA) is 71.1 Å². The average Bonchev–Trinajstić information content (AvgIpc) is 2.71. The quantitative estimate of drug-likeness (QED) is 0.622. The zero-order chi connectivity index (χ0) is 21.0. The van der Waals surface area contributed by atoms with Gasteiger partial charge in [0.05, 0.1) is 0 Å². The summed E-state index contributed by atoms with van der Waals surface area (Å²) in [5, 5.41) is 5.82. The molecular formula is C24H25N3O2. The van der Waals surface area contributed by atoms with Crippen molar-refractivity contribution in [2.24, 2.45) is 0 Å². The number of nitrogens with zero attached hydrogens (tertiary/aromatic N) is 1. The number of rotatable bonds is 5. The number of para-hydroxylation sites is 1. The third kappa shape index (κ3) is 4.69. The summed E-state index contributed by atoms with van der Waals surface area (Å²) in [5.74, 6) is -0.355. The highest BCUT2D eigenvalue weighted by atomic mass is 16.2. The molecule has 0 aliphatic carbocycles. The van der Waals surface area contributed by atoms with Crippen LogP contribution in [0.4, 0.5) is 11.4 Å². The summed E-state index contributed by atoms with van der Waals surface area (Å²) in [5.41, 5.74) is 5.23. The third-order valence-corrected chi connectivity index (χ3v) is 4.94. The Morgan fingerprint density at radius 3 is 2.31 bits per heavy atom. The van der Waals surface area contributed by atoms with Gasteiger partial charge in [0, 0.05) is 23.1 Å². The molecule has 1 aromatic heterocycles. The fourth-order valence-electron chi connectivity index (χ4n) is 3.08. The summed E-state index contributed by atoms with van der Waals surface area (Å²) in [6, 6.07) is 16.5. The van der Waals surface area contributed by atoms with Crippen LogP contribution >= 0.6 is 0 Å². The van der Waals surface area contributed by atoms with Gasteiger partial charge in [-0.2, -0.15) is 0 Å². The molecule has 3 rings (SSSR count). The monoisotopic (exact) mass is 387 g/mol. The molecule has 148 valence electrons. The smallest absolute Gasteiger partial charge is 0.274 e. The van der Waals surface area contributed by atoms with E-state index in [1.54, 1.807) is 6.07 Å². The molecule has 0 bridgehead atoms. The summed E-state index contributed by atoms with van der Waals surface area (Å²) in [4.78, 5) is 29.5. The second-order valence-electron chi connectivity index (χ2n) is 7.33. The van der Waals surface area contributed by atoms with E-state index in [1.165, 1.54) is 12.3 Å². The number of carbonyl (C=O) groups is 2. The number of hydrogen-bond donors (Lipinski definition) is 2. The molecule has 1 heterocycles. The fourth-order valence-corrected chi connectivity index (χ4v) is 3.08. The number of nitrogens with one attached hydrogen (secondary N) is 2. The lowest BCUT2D eigenvalue weighted by Gasteiger charge is -2.14. The lowest BCUT2D eigenvalue weighted by Crippen LogP contribution is -2.18. The first-order chi connectivity index (χ1) is 13.9. The van der Waals surface area contributed by atoms with Crippen molar-refractivity contribution in [2.75, 3.05) is 10.6 Å². The number of benzene rings is 2. The Bertz CT molecular complexity index is 1060. The molecule has 3 aromatic rings. The van der Waals surface area contributed by atoms with E-state index in [0.29, 0.717) is 5.56 Å². The molecule has 0 radical (unpaired) electrons. The number of anilines is 2. The van der Waals surface area contributed by atoms with Gasteiger partial charge >= 0.3 is 0 Å². The number of aromatic nitrogens is 1. The van der Waals surface area contributed by atoms with Crippen LogP contribution in [-0.4, -0.2) is 16.8 Å². The van der Waals surface area contributed by atoms with Crippen molar-refractivity contribution in [3.05, 3.63) is 88.7 Å². The van der Waals surface area contributed by atoms with Crippen LogP contribution in [0.25, 0.3) is 0 Å². The van der Waals surface area contributed by atoms with E-state index in [2.05, 4.69) is 29.5 Å². The van der Waals surface area contributed by atoms with Gasteiger partial charge in [0.25, 0.3) is 11.8 Å². The van der Waals surface area contributed by atoms with E-state index in [1.807, 2.05) is 56.3 Å². The van der Waals surface area contributed by atoms with Gasteiger partial charge in [-0.25, -0.2) is 0 Å². The number of aryl methyl sites for hydroxylation is 1. The first-order valence-electron chi connectivity index (χ1n) is 9.60. The lowest BCUT2D eigenvalue weighted by molar-refractivity contribution is 0.102. The van der Waals surface area contributed by atoms with E-state index < -0.39 is 0 Å². The third-order valence-electron chi connectivity index (χ3n) is 4.94. The minimum absolute atomic E-state index is 0.192. The lowest BCUT2D eigenvalue weighted by atomic mass is 10.0. The van der Waals surface area contributed by atoms with Crippen LogP contribution in [0, 0.1) is 13.8 Å². The second-order valence-corrected chi connectivity index (χ2v) is 7.33. The first-order valence-corrected chi connectivity index (χ1v) is 9.60. The van der Waals surface area contributed by atoms with Crippen molar-refractivity contribution >= 4 is 23.2 Å². The molecule has 29 heavy (non-hydrogen) atoms. The van der Waals surface area contributed by atoms with E-state index in [4.69, 9.17) is 0 Å². The predicted molar refractivity (Wildman–Crippen MR) is 117 cm³/mol. The molecule has 2 N–H and O–H groups in total. The Balaban J connectivity index is 1.79. The van der Waals surface area contributed by atoms with Crippen molar-refractivity contribution in [1.29, 1.82) is 0 Å². The Morgan fingerprint density at radius 1 is 0.862 bits per heavy atom. The summed E-state index contributed by atoms with van der Waals surface area (Å²) < 4.78 is 0. The molecule has 0 unspecified atom stereocenters. The molecule has 5 heteroatoms. The highest BCUT2D eigenvalue weighted by Gasteiger charge is 2.15. The average molecular weight is 387 g/mol. The minimum Gasteiger partial charge on any atom is -0.322 e. The number of carbonyl (C=O) groups excluding carboxylic acids is 2. The van der Waals surface area contributed by atoms with E-state index in [-0.39, 0.29) is 23.4 Å². The number of pyridine rings is 1. The highest BCUT2D eigenvalue weighted by Crippen LogP contribution is 2.24. The van der Waals surface area contributed by atoms with Gasteiger partial charge in [-0.1, -0.05) is 44.2 Å². The predicted octanol–water partition coefficient (Wildman–Crippen LogP) is 5.33. The minimum atomic E-state index is -0.348. The SMILES string of the molecule is Cc1cccc(NC(=O)c2ccnc(C(=O)Nc3ccccc3C(C)C)c2)c1C. The number of hydrogen-bond acceptors (Lipinski definition) is 3. The molecule has 0 aliphatic heterocycles. The zero-order valence-corrected chi connectivity index (χ0v) is 17.1. The van der Waals surface area contributed by atoms with Crippen molar-refractivity contribution < 1.29 is 9.59 Å². The normalized spacial score (nSPS) is 10.7. The Morgan fingerprint density at radius 2 is 1.55 bits per heavy atom. The van der Waals surface area contributed by atoms with Crippen molar-refractivity contribution in [3.8, 4) is 0 Å². The van der Waals surface area contributed by atoms with Gasteiger partial charge in [-0.05, 0) is 60.7 Å². The molecule has 0 saturated heterocycles. The maximum absolute atomic E-state index is 12.7. The maximum Gasteiger partial charge on any atom is 0.274 e. The van der Waals surface area contributed by atoms with Gasteiger partial charge in [-0.3, -0.25) is 14.6 Å². The Kier molecular flexibility index (Phi) is 6.07. The van der Waals surface area contributed by atoms with E-state index in [0.717, 1.165) is 28.1 Å². The van der Waals surface area contributed by atoms with Crippen LogP contribution in [0.2, 0.25) is 0 Å². The van der Waals surface area contributed by atoms with Gasteiger partial charge in [0.1, 0.15) is 5.69 Å². The van der Waals surface area contributed by atoms with Crippen molar-refractivity contribution in [3.63, 3.8) is 0 Å². The summed E-state index contributed by atoms with van der Waals surface area (Å²) in [6.07, 6.45) is 1.47. The summed E-state index contributed by atoms with van der Waals surface area (Å²) in [7, 11) is 0. The molecule has 5 nitrogen and oxygen atoms in total. The number of amides is 2. The van der Waals surface area contributed by atoms with Crippen LogP contribution in [-0.2, 0) is 0 Å². The van der Waals surface area contributed by atoms with Crippen LogP contribution in [0.15, 0.2) is 60.8 Å². The van der Waals surface area contributed by atoms with Crippen molar-refractivity contribution in [2.45, 2.75) is 33.6 Å². The fraction of sp³-hybridized carbons (Fsp3) is 0.208. The molecule has 0 saturated carbocycles. The second kappa shape index (κ2) is 8.69. The van der Waals surface area contributed by atoms with Gasteiger partial charge in [0.15, 0.2) is 0 Å². The van der Waals surface area contributed by atoms with Crippen LogP contribution < -0.4 is 10.6 Å². The van der Waals surface area contributed by atoms with Crippen LogP contribution in [0.3, 0.4) is 0 Å². The molecule has 0 fully saturated rings. The molecule has 0 aliphatic rings. The molecule has 0 atom stereocenters. The van der Waals surface area contributed by atoms with E-state index >= 15 is 0 Å².